The number of likely N-dealkylation sites (N-methyl/N-ethyl adjacent to an activating group) is 1. The van der Waals surface area contributed by atoms with Gasteiger partial charge in [0, 0.05) is 25.7 Å². The van der Waals surface area contributed by atoms with Gasteiger partial charge in [-0.25, -0.2) is 0 Å². The Kier molecular flexibility index (Phi) is 4.62. The smallest absolute Gasteiger partial charge is 0.225 e. The van der Waals surface area contributed by atoms with Crippen molar-refractivity contribution in [1.82, 2.24) is 9.80 Å². The summed E-state index contributed by atoms with van der Waals surface area (Å²) in [6.45, 7) is 4.08. The van der Waals surface area contributed by atoms with Gasteiger partial charge in [0.1, 0.15) is 0 Å². The summed E-state index contributed by atoms with van der Waals surface area (Å²) in [5, 5.41) is 0. The van der Waals surface area contributed by atoms with E-state index in [1.165, 1.54) is 25.8 Å². The van der Waals surface area contributed by atoms with Gasteiger partial charge in [-0.3, -0.25) is 4.79 Å². The number of carbonyl (C=O) groups is 1. The van der Waals surface area contributed by atoms with Crippen LogP contribution in [0.25, 0.3) is 0 Å². The van der Waals surface area contributed by atoms with Crippen molar-refractivity contribution < 1.29 is 9.53 Å². The molecule has 0 aliphatic carbocycles. The number of methoxy groups -OCH3 is 1. The van der Waals surface area contributed by atoms with Crippen LogP contribution >= 0.6 is 0 Å². The maximum absolute atomic E-state index is 12.3. The largest absolute Gasteiger partial charge is 0.381 e. The Balaban J connectivity index is 1.96. The third-order valence-electron chi connectivity index (χ3n) is 4.51. The zero-order valence-electron chi connectivity index (χ0n) is 11.9. The Morgan fingerprint density at radius 2 is 1.94 bits per heavy atom. The normalized spacial score (nSPS) is 30.9. The van der Waals surface area contributed by atoms with E-state index in [4.69, 9.17) is 4.74 Å². The number of nitrogens with zero attached hydrogens (tertiary/aromatic N) is 2. The Morgan fingerprint density at radius 3 is 2.56 bits per heavy atom. The Morgan fingerprint density at radius 1 is 1.28 bits per heavy atom. The van der Waals surface area contributed by atoms with Crippen LogP contribution in [0.15, 0.2) is 0 Å². The minimum Gasteiger partial charge on any atom is -0.381 e. The van der Waals surface area contributed by atoms with E-state index in [9.17, 15) is 4.79 Å². The quantitative estimate of drug-likeness (QED) is 0.762. The van der Waals surface area contributed by atoms with Crippen LogP contribution in [0, 0.1) is 0 Å². The van der Waals surface area contributed by atoms with Crippen molar-refractivity contribution in [3.05, 3.63) is 0 Å². The minimum atomic E-state index is 0.0278. The Hall–Kier alpha value is -0.610. The average Bonchev–Trinajstić information content (AvgIpc) is 2.96. The number of carbonyl (C=O) groups excluding carboxylic acids is 1. The first kappa shape index (κ1) is 13.8. The molecule has 2 aliphatic rings. The van der Waals surface area contributed by atoms with Gasteiger partial charge in [0.15, 0.2) is 0 Å². The minimum absolute atomic E-state index is 0.0278. The summed E-state index contributed by atoms with van der Waals surface area (Å²) < 4.78 is 5.20. The molecule has 1 amide bonds. The Bertz CT molecular complexity index is 296. The molecule has 3 atom stereocenters. The van der Waals surface area contributed by atoms with Crippen LogP contribution < -0.4 is 0 Å². The van der Waals surface area contributed by atoms with Crippen LogP contribution in [0.5, 0.6) is 0 Å². The second-order valence-corrected chi connectivity index (χ2v) is 5.74. The molecule has 0 spiro atoms. The van der Waals surface area contributed by atoms with Crippen molar-refractivity contribution in [3.63, 3.8) is 0 Å². The van der Waals surface area contributed by atoms with Gasteiger partial charge in [-0.05, 0) is 46.2 Å². The van der Waals surface area contributed by atoms with Gasteiger partial charge >= 0.3 is 0 Å². The molecule has 18 heavy (non-hydrogen) atoms. The summed E-state index contributed by atoms with van der Waals surface area (Å²) in [6, 6.07) is 1.02. The maximum Gasteiger partial charge on any atom is 0.225 e. The van der Waals surface area contributed by atoms with Crippen molar-refractivity contribution in [1.29, 1.82) is 0 Å². The molecule has 104 valence electrons. The molecule has 4 heteroatoms. The Labute approximate surface area is 110 Å². The second kappa shape index (κ2) is 6.02. The van der Waals surface area contributed by atoms with Crippen LogP contribution in [0.3, 0.4) is 0 Å². The highest BCUT2D eigenvalue weighted by molar-refractivity contribution is 5.77. The molecule has 0 aromatic carbocycles. The third kappa shape index (κ3) is 2.86. The highest BCUT2D eigenvalue weighted by atomic mass is 16.5. The van der Waals surface area contributed by atoms with E-state index in [-0.39, 0.29) is 12.0 Å². The van der Waals surface area contributed by atoms with Crippen LogP contribution in [-0.2, 0) is 9.53 Å². The molecule has 2 fully saturated rings. The molecule has 0 radical (unpaired) electrons. The van der Waals surface area contributed by atoms with Gasteiger partial charge in [-0.1, -0.05) is 0 Å². The van der Waals surface area contributed by atoms with E-state index in [1.54, 1.807) is 7.11 Å². The summed E-state index contributed by atoms with van der Waals surface area (Å²) in [7, 11) is 3.86. The van der Waals surface area contributed by atoms with E-state index in [0.717, 1.165) is 13.0 Å². The fourth-order valence-electron chi connectivity index (χ4n) is 3.37. The molecular formula is C14H26N2O2. The average molecular weight is 254 g/mol. The van der Waals surface area contributed by atoms with E-state index in [0.29, 0.717) is 18.5 Å². The summed E-state index contributed by atoms with van der Waals surface area (Å²) in [5.74, 6) is 0.271. The number of rotatable bonds is 4. The molecule has 2 aliphatic heterocycles. The second-order valence-electron chi connectivity index (χ2n) is 5.74. The molecule has 0 saturated carbocycles. The van der Waals surface area contributed by atoms with Crippen molar-refractivity contribution in [3.8, 4) is 0 Å². The molecule has 0 aromatic heterocycles. The van der Waals surface area contributed by atoms with E-state index in [1.807, 2.05) is 6.92 Å². The van der Waals surface area contributed by atoms with Crippen LogP contribution in [0.1, 0.15) is 39.0 Å². The molecular weight excluding hydrogens is 228 g/mol. The lowest BCUT2D eigenvalue weighted by molar-refractivity contribution is -0.135. The number of hydrogen-bond acceptors (Lipinski definition) is 3. The lowest BCUT2D eigenvalue weighted by atomic mass is 10.0. The van der Waals surface area contributed by atoms with E-state index in [2.05, 4.69) is 16.8 Å². The highest BCUT2D eigenvalue weighted by Crippen LogP contribution is 2.29. The summed E-state index contributed by atoms with van der Waals surface area (Å²) in [5.41, 5.74) is 0. The molecule has 2 saturated heterocycles. The van der Waals surface area contributed by atoms with E-state index < -0.39 is 0 Å². The first-order valence-electron chi connectivity index (χ1n) is 7.16. The summed E-state index contributed by atoms with van der Waals surface area (Å²) >= 11 is 0. The standard InChI is InChI=1S/C14H26N2O2/c1-11(18-3)10-14(17)16-9-5-7-13(16)12-6-4-8-15(12)2/h11-13H,4-10H2,1-3H3/t11-,12-,13+/m1/s1. The third-order valence-corrected chi connectivity index (χ3v) is 4.51. The number of hydrogen-bond donors (Lipinski definition) is 0. The highest BCUT2D eigenvalue weighted by Gasteiger charge is 2.38. The maximum atomic E-state index is 12.3. The van der Waals surface area contributed by atoms with E-state index >= 15 is 0 Å². The number of ether oxygens (including phenoxy) is 1. The molecule has 0 aromatic rings. The zero-order valence-corrected chi connectivity index (χ0v) is 11.9. The predicted molar refractivity (Wildman–Crippen MR) is 71.5 cm³/mol. The first-order valence-corrected chi connectivity index (χ1v) is 7.16. The molecule has 0 N–H and O–H groups in total. The van der Waals surface area contributed by atoms with Gasteiger partial charge in [0.25, 0.3) is 0 Å². The summed E-state index contributed by atoms with van der Waals surface area (Å²) in [4.78, 5) is 16.9. The predicted octanol–water partition coefficient (Wildman–Crippen LogP) is 1.50. The van der Waals surface area contributed by atoms with Gasteiger partial charge in [-0.15, -0.1) is 0 Å². The summed E-state index contributed by atoms with van der Waals surface area (Å²) in [6.07, 6.45) is 5.38. The zero-order chi connectivity index (χ0) is 13.1. The lowest BCUT2D eigenvalue weighted by Gasteiger charge is -2.33. The number of amides is 1. The number of likely N-dealkylation sites (tertiary alicyclic amines) is 2. The molecule has 4 nitrogen and oxygen atoms in total. The monoisotopic (exact) mass is 254 g/mol. The van der Waals surface area contributed by atoms with Crippen molar-refractivity contribution in [2.45, 2.75) is 57.2 Å². The van der Waals surface area contributed by atoms with Crippen LogP contribution in [-0.4, -0.2) is 61.1 Å². The van der Waals surface area contributed by atoms with Crippen LogP contribution in [0.2, 0.25) is 0 Å². The molecule has 2 heterocycles. The fourth-order valence-corrected chi connectivity index (χ4v) is 3.37. The van der Waals surface area contributed by atoms with Gasteiger partial charge in [-0.2, -0.15) is 0 Å². The fraction of sp³-hybridized carbons (Fsp3) is 0.929. The molecule has 0 unspecified atom stereocenters. The van der Waals surface area contributed by atoms with Gasteiger partial charge in [0.05, 0.1) is 12.5 Å². The van der Waals surface area contributed by atoms with Crippen LogP contribution in [0.4, 0.5) is 0 Å². The van der Waals surface area contributed by atoms with Crippen molar-refractivity contribution in [2.75, 3.05) is 27.2 Å². The topological polar surface area (TPSA) is 32.8 Å². The lowest BCUT2D eigenvalue weighted by Crippen LogP contribution is -2.47. The molecule has 0 bridgehead atoms. The van der Waals surface area contributed by atoms with Gasteiger partial charge < -0.3 is 14.5 Å². The molecule has 2 rings (SSSR count). The van der Waals surface area contributed by atoms with Gasteiger partial charge in [0.2, 0.25) is 5.91 Å². The SMILES string of the molecule is CO[C@H](C)CC(=O)N1CCC[C@H]1[C@H]1CCCN1C. The van der Waals surface area contributed by atoms with Crippen molar-refractivity contribution >= 4 is 5.91 Å². The van der Waals surface area contributed by atoms with Crippen molar-refractivity contribution in [2.24, 2.45) is 0 Å². The first-order chi connectivity index (χ1) is 8.63.